The molecule has 94 valence electrons. The summed E-state index contributed by atoms with van der Waals surface area (Å²) in [6.07, 6.45) is -1.23. The van der Waals surface area contributed by atoms with E-state index in [2.05, 4.69) is 4.74 Å². The number of hydrogen-bond donors (Lipinski definition) is 2. The van der Waals surface area contributed by atoms with Gasteiger partial charge in [-0.3, -0.25) is 4.79 Å². The van der Waals surface area contributed by atoms with Gasteiger partial charge >= 0.3 is 12.6 Å². The van der Waals surface area contributed by atoms with Crippen LogP contribution in [0.1, 0.15) is 5.56 Å². The molecule has 6 heteroatoms. The van der Waals surface area contributed by atoms with E-state index in [1.54, 1.807) is 30.3 Å². The maximum Gasteiger partial charge on any atom is 0.345 e. The molecule has 0 fully saturated rings. The minimum absolute atomic E-state index is 0.0264. The van der Waals surface area contributed by atoms with Gasteiger partial charge in [0.25, 0.3) is 0 Å². The first-order valence-electron chi connectivity index (χ1n) is 4.96. The third-order valence-electron chi connectivity index (χ3n) is 2.24. The third kappa shape index (κ3) is 4.46. The van der Waals surface area contributed by atoms with Gasteiger partial charge in [0.1, 0.15) is 6.04 Å². The number of ether oxygens (including phenoxy) is 1. The van der Waals surface area contributed by atoms with Crippen LogP contribution in [-0.4, -0.2) is 29.8 Å². The summed E-state index contributed by atoms with van der Waals surface area (Å²) in [6, 6.07) is 7.11. The Bertz CT molecular complexity index is 359. The van der Waals surface area contributed by atoms with E-state index >= 15 is 0 Å². The topological polar surface area (TPSA) is 72.6 Å². The van der Waals surface area contributed by atoms with Crippen molar-refractivity contribution in [1.82, 2.24) is 0 Å². The fraction of sp³-hybridized carbons (Fsp3) is 0.364. The summed E-state index contributed by atoms with van der Waals surface area (Å²) >= 11 is 0. The maximum atomic E-state index is 12.1. The Labute approximate surface area is 97.0 Å². The quantitative estimate of drug-likeness (QED) is 0.791. The lowest BCUT2D eigenvalue weighted by molar-refractivity contribution is -0.175. The zero-order valence-electron chi connectivity index (χ0n) is 8.92. The van der Waals surface area contributed by atoms with Crippen molar-refractivity contribution >= 4 is 5.97 Å². The standard InChI is InChI=1S/C11H13F2NO3/c12-11(13)17-8(9(14)10(15)16)6-7-4-2-1-3-5-7/h1-5,8-9,11H,6,14H2,(H,15,16)/t8?,9-/m0/s1. The molecule has 0 spiro atoms. The van der Waals surface area contributed by atoms with Gasteiger partial charge in [-0.2, -0.15) is 8.78 Å². The first-order chi connectivity index (χ1) is 8.00. The van der Waals surface area contributed by atoms with E-state index in [1.165, 1.54) is 0 Å². The predicted octanol–water partition coefficient (Wildman–Crippen LogP) is 1.25. The lowest BCUT2D eigenvalue weighted by Crippen LogP contribution is -2.45. The van der Waals surface area contributed by atoms with Crippen molar-refractivity contribution in [3.63, 3.8) is 0 Å². The number of halogens is 2. The summed E-state index contributed by atoms with van der Waals surface area (Å²) in [6.45, 7) is -3.05. The molecule has 1 aromatic carbocycles. The van der Waals surface area contributed by atoms with Gasteiger partial charge in [0.05, 0.1) is 6.10 Å². The molecule has 3 N–H and O–H groups in total. The van der Waals surface area contributed by atoms with Crippen molar-refractivity contribution in [3.05, 3.63) is 35.9 Å². The summed E-state index contributed by atoms with van der Waals surface area (Å²) in [7, 11) is 0. The number of aliphatic carboxylic acids is 1. The number of nitrogens with two attached hydrogens (primary N) is 1. The molecule has 0 aromatic heterocycles. The molecule has 0 saturated heterocycles. The number of hydrogen-bond acceptors (Lipinski definition) is 3. The SMILES string of the molecule is N[C@H](C(=O)O)C(Cc1ccccc1)OC(F)F. The first-order valence-corrected chi connectivity index (χ1v) is 4.96. The van der Waals surface area contributed by atoms with Crippen molar-refractivity contribution < 1.29 is 23.4 Å². The molecule has 4 nitrogen and oxygen atoms in total. The molecule has 17 heavy (non-hydrogen) atoms. The van der Waals surface area contributed by atoms with Gasteiger partial charge in [0, 0.05) is 6.42 Å². The Morgan fingerprint density at radius 1 is 1.35 bits per heavy atom. The fourth-order valence-corrected chi connectivity index (χ4v) is 1.40. The van der Waals surface area contributed by atoms with E-state index in [0.29, 0.717) is 5.56 Å². The number of alkyl halides is 2. The van der Waals surface area contributed by atoms with Crippen LogP contribution in [0.3, 0.4) is 0 Å². The Balaban J connectivity index is 2.73. The highest BCUT2D eigenvalue weighted by atomic mass is 19.3. The van der Waals surface area contributed by atoms with Crippen LogP contribution in [0.5, 0.6) is 0 Å². The van der Waals surface area contributed by atoms with Crippen molar-refractivity contribution in [2.75, 3.05) is 0 Å². The van der Waals surface area contributed by atoms with Crippen LogP contribution in [-0.2, 0) is 16.0 Å². The molecule has 1 aromatic rings. The summed E-state index contributed by atoms with van der Waals surface area (Å²) in [5, 5.41) is 8.69. The Kier molecular flexibility index (Phi) is 4.99. The number of benzene rings is 1. The van der Waals surface area contributed by atoms with Crippen molar-refractivity contribution in [2.45, 2.75) is 25.2 Å². The normalized spacial score (nSPS) is 14.6. The van der Waals surface area contributed by atoms with E-state index in [-0.39, 0.29) is 6.42 Å². The second kappa shape index (κ2) is 6.27. The summed E-state index contributed by atoms with van der Waals surface area (Å²) in [5.41, 5.74) is 5.99. The molecule has 0 aliphatic heterocycles. The third-order valence-corrected chi connectivity index (χ3v) is 2.24. The van der Waals surface area contributed by atoms with Gasteiger partial charge in [-0.1, -0.05) is 30.3 Å². The van der Waals surface area contributed by atoms with Gasteiger partial charge in [0.2, 0.25) is 0 Å². The number of carboxylic acids is 1. The Morgan fingerprint density at radius 2 is 1.94 bits per heavy atom. The van der Waals surface area contributed by atoms with Crippen molar-refractivity contribution in [2.24, 2.45) is 5.73 Å². The number of rotatable bonds is 6. The van der Waals surface area contributed by atoms with Gasteiger partial charge in [0.15, 0.2) is 0 Å². The van der Waals surface area contributed by atoms with Gasteiger partial charge in [-0.15, -0.1) is 0 Å². The lowest BCUT2D eigenvalue weighted by atomic mass is 10.0. The average Bonchev–Trinajstić information content (AvgIpc) is 2.28. The highest BCUT2D eigenvalue weighted by Gasteiger charge is 2.28. The van der Waals surface area contributed by atoms with Gasteiger partial charge in [-0.25, -0.2) is 0 Å². The summed E-state index contributed by atoms with van der Waals surface area (Å²) in [4.78, 5) is 10.7. The first kappa shape index (κ1) is 13.5. The summed E-state index contributed by atoms with van der Waals surface area (Å²) < 4.78 is 28.5. The minimum Gasteiger partial charge on any atom is -0.480 e. The minimum atomic E-state index is -3.05. The highest BCUT2D eigenvalue weighted by molar-refractivity contribution is 5.74. The van der Waals surface area contributed by atoms with Gasteiger partial charge in [-0.05, 0) is 5.56 Å². The molecule has 0 radical (unpaired) electrons. The second-order valence-electron chi connectivity index (χ2n) is 3.49. The van der Waals surface area contributed by atoms with Crippen LogP contribution in [0.25, 0.3) is 0 Å². The van der Waals surface area contributed by atoms with Crippen LogP contribution in [0.4, 0.5) is 8.78 Å². The second-order valence-corrected chi connectivity index (χ2v) is 3.49. The molecule has 0 amide bonds. The Hall–Kier alpha value is -1.53. The molecule has 2 atom stereocenters. The monoisotopic (exact) mass is 245 g/mol. The zero-order chi connectivity index (χ0) is 12.8. The van der Waals surface area contributed by atoms with Crippen molar-refractivity contribution in [3.8, 4) is 0 Å². The average molecular weight is 245 g/mol. The predicted molar refractivity (Wildman–Crippen MR) is 56.6 cm³/mol. The molecular weight excluding hydrogens is 232 g/mol. The van der Waals surface area contributed by atoms with E-state index in [1.807, 2.05) is 0 Å². The fourth-order valence-electron chi connectivity index (χ4n) is 1.40. The van der Waals surface area contributed by atoms with Crippen LogP contribution < -0.4 is 5.73 Å². The van der Waals surface area contributed by atoms with E-state index in [0.717, 1.165) is 0 Å². The molecule has 1 unspecified atom stereocenters. The molecular formula is C11H13F2NO3. The summed E-state index contributed by atoms with van der Waals surface area (Å²) in [5.74, 6) is -1.37. The van der Waals surface area contributed by atoms with Crippen molar-refractivity contribution in [1.29, 1.82) is 0 Å². The Morgan fingerprint density at radius 3 is 2.41 bits per heavy atom. The number of carboxylic acid groups (broad SMARTS) is 1. The molecule has 0 saturated carbocycles. The molecule has 0 aliphatic rings. The molecule has 1 rings (SSSR count). The van der Waals surface area contributed by atoms with Gasteiger partial charge < -0.3 is 15.6 Å². The smallest absolute Gasteiger partial charge is 0.345 e. The number of carbonyl (C=O) groups is 1. The van der Waals surface area contributed by atoms with Crippen LogP contribution in [0, 0.1) is 0 Å². The largest absolute Gasteiger partial charge is 0.480 e. The maximum absolute atomic E-state index is 12.1. The molecule has 0 bridgehead atoms. The molecule has 0 heterocycles. The zero-order valence-corrected chi connectivity index (χ0v) is 8.92. The van der Waals surface area contributed by atoms with E-state index < -0.39 is 24.7 Å². The van der Waals surface area contributed by atoms with Crippen LogP contribution >= 0.6 is 0 Å². The van der Waals surface area contributed by atoms with Crippen LogP contribution in [0.15, 0.2) is 30.3 Å². The van der Waals surface area contributed by atoms with E-state index in [4.69, 9.17) is 10.8 Å². The lowest BCUT2D eigenvalue weighted by Gasteiger charge is -2.20. The van der Waals surface area contributed by atoms with E-state index in [9.17, 15) is 13.6 Å². The van der Waals surface area contributed by atoms with Crippen LogP contribution in [0.2, 0.25) is 0 Å². The molecule has 0 aliphatic carbocycles. The highest BCUT2D eigenvalue weighted by Crippen LogP contribution is 2.12.